The average molecular weight is 1440 g/mol. The third kappa shape index (κ3) is 22.2. The second-order valence-electron chi connectivity index (χ2n) is 24.2. The Balaban J connectivity index is 0.000000196. The number of barbiturate groups is 2. The first-order chi connectivity index (χ1) is 48.2. The SMILES string of the molecule is CC(=O)CC(=O)Nc1cc(C)ccc1C.CC1=NN(c2c(Cl)cc(Cl)cc2Cl)C(=O)C1.CN1C(=O)CC(=O)N(C)C1=O.Cc1ccc(C)c(N2C(=O)CC(=O)N(c3ccccc3)C2=O)c1.Cc1ccc(C)c(NC(=O)CC(=O)N2CCc3ccccc32)c1.[C-]#[N+]CC(=O)Nc1cc(C)ccc1C. The molecule has 0 spiro atoms. The zero-order chi connectivity index (χ0) is 75.4. The molecule has 0 saturated carbocycles. The molecule has 102 heavy (non-hydrogen) atoms. The van der Waals surface area contributed by atoms with Crippen LogP contribution < -0.4 is 35.7 Å². The summed E-state index contributed by atoms with van der Waals surface area (Å²) in [5, 5.41) is 14.6. The fraction of sp³-hybridized carbons (Fsp3) is 0.263. The number of anilines is 7. The number of amides is 13. The van der Waals surface area contributed by atoms with Gasteiger partial charge >= 0.3 is 18.0 Å². The van der Waals surface area contributed by atoms with Gasteiger partial charge in [-0.15, -0.1) is 0 Å². The van der Waals surface area contributed by atoms with E-state index in [1.165, 1.54) is 38.2 Å². The Labute approximate surface area is 607 Å². The second-order valence-corrected chi connectivity index (χ2v) is 25.5. The number of fused-ring (bicyclic) bond motifs is 1. The highest BCUT2D eigenvalue weighted by molar-refractivity contribution is 6.43. The van der Waals surface area contributed by atoms with E-state index in [0.29, 0.717) is 38.7 Å². The van der Waals surface area contributed by atoms with Gasteiger partial charge in [0.1, 0.15) is 30.7 Å². The van der Waals surface area contributed by atoms with Gasteiger partial charge < -0.3 is 25.7 Å². The van der Waals surface area contributed by atoms with Gasteiger partial charge in [-0.3, -0.25) is 57.7 Å². The first kappa shape index (κ1) is 79.8. The molecule has 26 heteroatoms. The number of benzene rings is 7. The van der Waals surface area contributed by atoms with E-state index >= 15 is 0 Å². The average Bonchev–Trinajstić information content (AvgIpc) is 1.03. The van der Waals surface area contributed by atoms with Crippen LogP contribution in [0.1, 0.15) is 96.0 Å². The summed E-state index contributed by atoms with van der Waals surface area (Å²) >= 11 is 17.8. The van der Waals surface area contributed by atoms with Crippen molar-refractivity contribution in [2.75, 3.05) is 62.8 Å². The highest BCUT2D eigenvalue weighted by Gasteiger charge is 2.40. The minimum atomic E-state index is -0.633. The number of imide groups is 4. The standard InChI is InChI=1S/C19H20N2O2.C18H16N2O3.C12H15NO2.C11H12N2O.C10H7Cl3N2O.C6H8N2O3/c1-13-7-8-14(2)16(11-13)20-18(22)12-19(23)21-10-9-15-5-3-4-6-17(15)21;1-12-8-9-13(2)15(10-12)20-17(22)11-16(21)19(18(20)23)14-6-4-3-5-7-14;1-8-4-5-9(2)11(6-8)13-12(15)7-10(3)14;1-8-4-5-9(2)10(6-8)13-11(14)7-12-3;1-5-2-9(16)15(14-5)10-7(12)3-6(11)4-8(10)13;1-7-4(9)3-5(10)8(2)6(7)11/h3-8,11H,9-10,12H2,1-2H3,(H,20,22);3-10H,11H2,1-2H3;4-6H,7H2,1-3H3,(H,13,15);4-6H,7H2,1-2H3,(H,13,14);3-4H,2H2,1H3;3H2,1-2H3. The van der Waals surface area contributed by atoms with Crippen molar-refractivity contribution < 1.29 is 57.5 Å². The topological polar surface area (TPSA) is 277 Å². The zero-order valence-electron chi connectivity index (χ0n) is 58.5. The number of carbonyl (C=O) groups is 12. The van der Waals surface area contributed by atoms with Gasteiger partial charge in [0.2, 0.25) is 41.4 Å². The van der Waals surface area contributed by atoms with Crippen molar-refractivity contribution in [2.24, 2.45) is 5.10 Å². The van der Waals surface area contributed by atoms with E-state index in [9.17, 15) is 57.5 Å². The monoisotopic (exact) mass is 1440 g/mol. The summed E-state index contributed by atoms with van der Waals surface area (Å²) in [6.45, 7) is 25.7. The molecule has 530 valence electrons. The number of aryl methyl sites for hydroxylation is 8. The number of carbonyl (C=O) groups excluding carboxylic acids is 12. The smallest absolute Gasteiger partial charge is 0.325 e. The maximum absolute atomic E-state index is 12.8. The molecule has 0 radical (unpaired) electrons. The van der Waals surface area contributed by atoms with Crippen LogP contribution in [0.15, 0.2) is 145 Å². The molecule has 7 aromatic rings. The number of rotatable bonds is 11. The van der Waals surface area contributed by atoms with E-state index in [0.717, 1.165) is 105 Å². The van der Waals surface area contributed by atoms with Crippen LogP contribution in [0.3, 0.4) is 0 Å². The minimum absolute atomic E-state index is 0.0621. The van der Waals surface area contributed by atoms with Crippen molar-refractivity contribution in [3.8, 4) is 0 Å². The fourth-order valence-corrected chi connectivity index (χ4v) is 11.2. The molecule has 11 rings (SSSR count). The number of ketones is 1. The summed E-state index contributed by atoms with van der Waals surface area (Å²) in [6, 6.07) is 41.4. The lowest BCUT2D eigenvalue weighted by Crippen LogP contribution is -2.55. The van der Waals surface area contributed by atoms with E-state index in [2.05, 4.69) is 25.9 Å². The first-order valence-electron chi connectivity index (χ1n) is 31.9. The van der Waals surface area contributed by atoms with E-state index < -0.39 is 35.7 Å². The Morgan fingerprint density at radius 2 is 0.941 bits per heavy atom. The molecular formula is C76H78Cl3N11O12. The fourth-order valence-electron chi connectivity index (χ4n) is 10.2. The van der Waals surface area contributed by atoms with Gasteiger partial charge in [-0.2, -0.15) is 10.1 Å². The highest BCUT2D eigenvalue weighted by atomic mass is 35.5. The molecule has 7 aromatic carbocycles. The Bertz CT molecular complexity index is 4470. The zero-order valence-corrected chi connectivity index (χ0v) is 60.8. The van der Waals surface area contributed by atoms with E-state index in [4.69, 9.17) is 41.4 Å². The minimum Gasteiger partial charge on any atom is -0.325 e. The maximum atomic E-state index is 12.8. The van der Waals surface area contributed by atoms with Crippen LogP contribution in [-0.4, -0.2) is 114 Å². The number of nitrogens with zero attached hydrogens (tertiary/aromatic N) is 8. The van der Waals surface area contributed by atoms with Crippen LogP contribution in [0.25, 0.3) is 4.85 Å². The lowest BCUT2D eigenvalue weighted by molar-refractivity contribution is -0.141. The summed E-state index contributed by atoms with van der Waals surface area (Å²) in [4.78, 5) is 148. The highest BCUT2D eigenvalue weighted by Crippen LogP contribution is 2.39. The summed E-state index contributed by atoms with van der Waals surface area (Å²) in [5.41, 5.74) is 14.5. The maximum Gasteiger partial charge on any atom is 0.342 e. The van der Waals surface area contributed by atoms with Gasteiger partial charge in [0.25, 0.3) is 12.5 Å². The predicted octanol–water partition coefficient (Wildman–Crippen LogP) is 14.0. The van der Waals surface area contributed by atoms with Gasteiger partial charge in [-0.05, 0) is 180 Å². The van der Waals surface area contributed by atoms with Crippen LogP contribution in [0.5, 0.6) is 0 Å². The normalized spacial score (nSPS) is 13.6. The van der Waals surface area contributed by atoms with E-state index in [1.807, 2.05) is 146 Å². The number of halogens is 3. The molecular weight excluding hydrogens is 1370 g/mol. The molecule has 0 bridgehead atoms. The van der Waals surface area contributed by atoms with Crippen molar-refractivity contribution in [3.63, 3.8) is 0 Å². The molecule has 4 aliphatic rings. The molecule has 0 aliphatic carbocycles. The number of hydrazone groups is 1. The third-order valence-corrected chi connectivity index (χ3v) is 16.5. The molecule has 4 heterocycles. The van der Waals surface area contributed by atoms with Crippen LogP contribution in [-0.2, 0) is 54.4 Å². The van der Waals surface area contributed by atoms with Gasteiger partial charge in [0, 0.05) is 54.1 Å². The van der Waals surface area contributed by atoms with Crippen molar-refractivity contribution >= 4 is 151 Å². The van der Waals surface area contributed by atoms with Crippen LogP contribution in [0.2, 0.25) is 15.1 Å². The number of hydrogen-bond donors (Lipinski definition) is 3. The molecule has 4 aliphatic heterocycles. The van der Waals surface area contributed by atoms with Gasteiger partial charge in [0.05, 0.1) is 34.3 Å². The lowest BCUT2D eigenvalue weighted by Gasteiger charge is -2.33. The van der Waals surface area contributed by atoms with Gasteiger partial charge in [-0.25, -0.2) is 26.0 Å². The van der Waals surface area contributed by atoms with Crippen LogP contribution >= 0.6 is 34.8 Å². The molecule has 3 N–H and O–H groups in total. The molecule has 0 unspecified atom stereocenters. The number of hydrogen-bond acceptors (Lipinski definition) is 13. The largest absolute Gasteiger partial charge is 0.342 e. The first-order valence-corrected chi connectivity index (χ1v) is 33.0. The molecule has 23 nitrogen and oxygen atoms in total. The number of Topliss-reactive ketones (excluding diaryl/α,β-unsaturated/α-hetero) is 1. The summed E-state index contributed by atoms with van der Waals surface area (Å²) < 4.78 is 0. The Morgan fingerprint density at radius 1 is 0.490 bits per heavy atom. The Kier molecular flexibility index (Phi) is 28.8. The number of nitrogens with one attached hydrogen (secondary N) is 3. The van der Waals surface area contributed by atoms with Crippen molar-refractivity contribution in [3.05, 3.63) is 216 Å². The summed E-state index contributed by atoms with van der Waals surface area (Å²) in [5.74, 6) is -3.11. The van der Waals surface area contributed by atoms with Crippen LogP contribution in [0, 0.1) is 62.0 Å². The third-order valence-electron chi connectivity index (χ3n) is 15.7. The summed E-state index contributed by atoms with van der Waals surface area (Å²) in [7, 11) is 2.71. The molecule has 13 amide bonds. The number of urea groups is 2. The predicted molar refractivity (Wildman–Crippen MR) is 397 cm³/mol. The molecule has 2 saturated heterocycles. The van der Waals surface area contributed by atoms with Crippen molar-refractivity contribution in [2.45, 2.75) is 108 Å². The van der Waals surface area contributed by atoms with E-state index in [-0.39, 0.29) is 74.0 Å². The van der Waals surface area contributed by atoms with Crippen molar-refractivity contribution in [1.29, 1.82) is 0 Å². The molecule has 0 atom stereocenters. The van der Waals surface area contributed by atoms with Crippen molar-refractivity contribution in [1.82, 2.24) is 9.80 Å². The summed E-state index contributed by atoms with van der Waals surface area (Å²) in [6.07, 6.45) is 0.400. The quantitative estimate of drug-likeness (QED) is 0.0805. The van der Waals surface area contributed by atoms with Gasteiger partial charge in [-0.1, -0.05) is 120 Å². The van der Waals surface area contributed by atoms with Crippen LogP contribution in [0.4, 0.5) is 49.4 Å². The van der Waals surface area contributed by atoms with E-state index in [1.54, 1.807) is 48.2 Å². The second kappa shape index (κ2) is 36.8. The molecule has 2 fully saturated rings. The van der Waals surface area contributed by atoms with Gasteiger partial charge in [0.15, 0.2) is 0 Å². The molecule has 0 aromatic heterocycles. The number of para-hydroxylation sites is 2. The lowest BCUT2D eigenvalue weighted by atomic mass is 10.1. The Morgan fingerprint density at radius 3 is 1.43 bits per heavy atom. The Hall–Kier alpha value is -11.2.